The Bertz CT molecular complexity index is 1070. The van der Waals surface area contributed by atoms with Gasteiger partial charge in [0.2, 0.25) is 0 Å². The smallest absolute Gasteiger partial charge is 0.378 e. The van der Waals surface area contributed by atoms with E-state index >= 15 is 0 Å². The molecule has 0 aliphatic rings. The molecule has 1 aromatic heterocycles. The van der Waals surface area contributed by atoms with Gasteiger partial charge in [0.05, 0.1) is 5.56 Å². The molecule has 1 atom stereocenters. The highest BCUT2D eigenvalue weighted by molar-refractivity contribution is 5.86. The number of hydrogen-bond acceptors (Lipinski definition) is 2. The van der Waals surface area contributed by atoms with Crippen LogP contribution in [-0.2, 0) is 13.2 Å². The monoisotopic (exact) mass is 378 g/mol. The maximum atomic E-state index is 13.3. The lowest BCUT2D eigenvalue weighted by Gasteiger charge is -2.21. The number of aryl methyl sites for hydroxylation is 2. The van der Waals surface area contributed by atoms with Crippen molar-refractivity contribution in [2.24, 2.45) is 7.05 Å². The average molecular weight is 378 g/mol. The van der Waals surface area contributed by atoms with Gasteiger partial charge in [0.1, 0.15) is 5.82 Å². The number of anilines is 1. The summed E-state index contributed by atoms with van der Waals surface area (Å²) in [5.41, 5.74) is 0.0595. The van der Waals surface area contributed by atoms with Crippen molar-refractivity contribution < 1.29 is 17.6 Å². The van der Waals surface area contributed by atoms with Gasteiger partial charge in [-0.25, -0.2) is 4.39 Å². The van der Waals surface area contributed by atoms with E-state index in [9.17, 15) is 22.4 Å². The molecule has 0 unspecified atom stereocenters. The van der Waals surface area contributed by atoms with E-state index in [-0.39, 0.29) is 11.2 Å². The number of rotatable bonds is 3. The van der Waals surface area contributed by atoms with Crippen molar-refractivity contribution >= 4 is 16.5 Å². The van der Waals surface area contributed by atoms with Gasteiger partial charge in [0.15, 0.2) is 0 Å². The summed E-state index contributed by atoms with van der Waals surface area (Å²) in [6.07, 6.45) is -3.07. The van der Waals surface area contributed by atoms with E-state index in [4.69, 9.17) is 0 Å². The number of halogens is 4. The Morgan fingerprint density at radius 2 is 1.78 bits per heavy atom. The number of alkyl halides is 3. The molecule has 27 heavy (non-hydrogen) atoms. The van der Waals surface area contributed by atoms with Crippen LogP contribution in [0.5, 0.6) is 0 Å². The predicted molar refractivity (Wildman–Crippen MR) is 97.4 cm³/mol. The van der Waals surface area contributed by atoms with Gasteiger partial charge in [-0.15, -0.1) is 0 Å². The van der Waals surface area contributed by atoms with Crippen molar-refractivity contribution in [2.45, 2.75) is 26.1 Å². The second-order valence-electron chi connectivity index (χ2n) is 6.60. The number of hydrogen-bond donors (Lipinski definition) is 1. The van der Waals surface area contributed by atoms with Crippen molar-refractivity contribution in [3.05, 3.63) is 75.5 Å². The number of benzene rings is 2. The molecule has 0 aliphatic heterocycles. The highest BCUT2D eigenvalue weighted by Gasteiger charge is 2.34. The van der Waals surface area contributed by atoms with Crippen LogP contribution in [0.1, 0.15) is 29.7 Å². The van der Waals surface area contributed by atoms with Gasteiger partial charge in [-0.3, -0.25) is 4.79 Å². The largest absolute Gasteiger partial charge is 0.418 e. The quantitative estimate of drug-likeness (QED) is 0.638. The number of fused-ring (bicyclic) bond motifs is 1. The van der Waals surface area contributed by atoms with Gasteiger partial charge >= 0.3 is 6.18 Å². The molecule has 0 saturated heterocycles. The standard InChI is InChI=1S/C20H18F4N2O/c1-11-8-15(14-6-7-26(3)19(27)16(14)9-11)12(2)25-18-5-4-13(21)10-17(18)20(22,23)24/h4-10,12,25H,1-3H3/t12-/m1/s1. The fraction of sp³-hybridized carbons (Fsp3) is 0.250. The van der Waals surface area contributed by atoms with E-state index in [1.54, 1.807) is 32.3 Å². The fourth-order valence-corrected chi connectivity index (χ4v) is 3.18. The molecule has 3 rings (SSSR count). The first-order valence-corrected chi connectivity index (χ1v) is 8.31. The lowest BCUT2D eigenvalue weighted by Crippen LogP contribution is -2.18. The summed E-state index contributed by atoms with van der Waals surface area (Å²) in [5, 5.41) is 3.98. The van der Waals surface area contributed by atoms with E-state index in [0.717, 1.165) is 17.7 Å². The molecular formula is C20H18F4N2O. The minimum Gasteiger partial charge on any atom is -0.378 e. The van der Waals surface area contributed by atoms with Gasteiger partial charge in [-0.1, -0.05) is 6.07 Å². The molecular weight excluding hydrogens is 360 g/mol. The molecule has 2 aromatic carbocycles. The molecule has 142 valence electrons. The van der Waals surface area contributed by atoms with Crippen LogP contribution >= 0.6 is 0 Å². The van der Waals surface area contributed by atoms with Crippen LogP contribution in [0.4, 0.5) is 23.2 Å². The first kappa shape index (κ1) is 18.9. The van der Waals surface area contributed by atoms with Crippen LogP contribution in [0.15, 0.2) is 47.4 Å². The number of pyridine rings is 1. The molecule has 0 bridgehead atoms. The normalized spacial score (nSPS) is 13.0. The highest BCUT2D eigenvalue weighted by Crippen LogP contribution is 2.37. The molecule has 1 heterocycles. The molecule has 7 heteroatoms. The Balaban J connectivity index is 2.10. The van der Waals surface area contributed by atoms with Crippen LogP contribution in [0, 0.1) is 12.7 Å². The SMILES string of the molecule is Cc1cc([C@@H](C)Nc2ccc(F)cc2C(F)(F)F)c2ccn(C)c(=O)c2c1. The van der Waals surface area contributed by atoms with Gasteiger partial charge < -0.3 is 9.88 Å². The number of aromatic nitrogens is 1. The molecule has 1 N–H and O–H groups in total. The van der Waals surface area contributed by atoms with Gasteiger partial charge in [0, 0.05) is 30.4 Å². The van der Waals surface area contributed by atoms with Crippen molar-refractivity contribution in [1.29, 1.82) is 0 Å². The van der Waals surface area contributed by atoms with Crippen LogP contribution in [0.2, 0.25) is 0 Å². The first-order valence-electron chi connectivity index (χ1n) is 8.31. The Labute approximate surface area is 153 Å². The number of nitrogens with one attached hydrogen (secondary N) is 1. The molecule has 0 saturated carbocycles. The molecule has 0 spiro atoms. The summed E-state index contributed by atoms with van der Waals surface area (Å²) in [5.74, 6) is -0.954. The van der Waals surface area contributed by atoms with Crippen molar-refractivity contribution in [3.8, 4) is 0 Å². The second-order valence-corrected chi connectivity index (χ2v) is 6.60. The van der Waals surface area contributed by atoms with E-state index in [2.05, 4.69) is 5.32 Å². The van der Waals surface area contributed by atoms with E-state index in [0.29, 0.717) is 22.4 Å². The maximum absolute atomic E-state index is 13.3. The van der Waals surface area contributed by atoms with Crippen molar-refractivity contribution in [1.82, 2.24) is 4.57 Å². The van der Waals surface area contributed by atoms with E-state index in [1.165, 1.54) is 4.57 Å². The fourth-order valence-electron chi connectivity index (χ4n) is 3.18. The molecule has 0 radical (unpaired) electrons. The summed E-state index contributed by atoms with van der Waals surface area (Å²) in [7, 11) is 1.64. The Morgan fingerprint density at radius 1 is 1.07 bits per heavy atom. The van der Waals surface area contributed by atoms with Crippen LogP contribution in [0.25, 0.3) is 10.8 Å². The van der Waals surface area contributed by atoms with Crippen LogP contribution in [-0.4, -0.2) is 4.57 Å². The lowest BCUT2D eigenvalue weighted by atomic mass is 9.97. The maximum Gasteiger partial charge on any atom is 0.418 e. The van der Waals surface area contributed by atoms with E-state index < -0.39 is 23.6 Å². The lowest BCUT2D eigenvalue weighted by molar-refractivity contribution is -0.137. The average Bonchev–Trinajstić information content (AvgIpc) is 2.58. The Kier molecular flexibility index (Phi) is 4.71. The third-order valence-corrected chi connectivity index (χ3v) is 4.50. The Hall–Kier alpha value is -2.83. The zero-order valence-corrected chi connectivity index (χ0v) is 15.0. The van der Waals surface area contributed by atoms with Gasteiger partial charge in [-0.2, -0.15) is 13.2 Å². The van der Waals surface area contributed by atoms with Gasteiger partial charge in [-0.05, 0) is 60.7 Å². The molecule has 0 aliphatic carbocycles. The van der Waals surface area contributed by atoms with Crippen LogP contribution < -0.4 is 10.9 Å². The van der Waals surface area contributed by atoms with Crippen molar-refractivity contribution in [2.75, 3.05) is 5.32 Å². The Morgan fingerprint density at radius 3 is 2.44 bits per heavy atom. The van der Waals surface area contributed by atoms with Crippen LogP contribution in [0.3, 0.4) is 0 Å². The summed E-state index contributed by atoms with van der Waals surface area (Å²) < 4.78 is 54.5. The zero-order chi connectivity index (χ0) is 19.9. The van der Waals surface area contributed by atoms with E-state index in [1.807, 2.05) is 13.0 Å². The topological polar surface area (TPSA) is 34.0 Å². The third kappa shape index (κ3) is 3.67. The number of nitrogens with zero attached hydrogens (tertiary/aromatic N) is 1. The molecule has 0 amide bonds. The molecule has 3 aromatic rings. The second kappa shape index (κ2) is 6.72. The summed E-state index contributed by atoms with van der Waals surface area (Å²) in [6, 6.07) is 7.34. The van der Waals surface area contributed by atoms with Gasteiger partial charge in [0.25, 0.3) is 5.56 Å². The molecule has 0 fully saturated rings. The zero-order valence-electron chi connectivity index (χ0n) is 15.0. The predicted octanol–water partition coefficient (Wildman–Crippen LogP) is 5.18. The highest BCUT2D eigenvalue weighted by atomic mass is 19.4. The third-order valence-electron chi connectivity index (χ3n) is 4.50. The summed E-state index contributed by atoms with van der Waals surface area (Å²) in [6.45, 7) is 3.52. The minimum absolute atomic E-state index is 0.178. The van der Waals surface area contributed by atoms with Crippen molar-refractivity contribution in [3.63, 3.8) is 0 Å². The molecule has 3 nitrogen and oxygen atoms in total. The summed E-state index contributed by atoms with van der Waals surface area (Å²) in [4.78, 5) is 12.4. The minimum atomic E-state index is -4.69. The summed E-state index contributed by atoms with van der Waals surface area (Å²) >= 11 is 0. The first-order chi connectivity index (χ1) is 12.6.